The Kier molecular flexibility index (Phi) is 3.15. The van der Waals surface area contributed by atoms with Gasteiger partial charge in [0.1, 0.15) is 12.0 Å². The Labute approximate surface area is 74.9 Å². The minimum atomic E-state index is -0.494. The van der Waals surface area contributed by atoms with Gasteiger partial charge in [-0.05, 0) is 6.07 Å². The Hall–Kier alpha value is -1.69. The summed E-state index contributed by atoms with van der Waals surface area (Å²) >= 11 is 0. The van der Waals surface area contributed by atoms with Gasteiger partial charge in [0.2, 0.25) is 0 Å². The highest BCUT2D eigenvalue weighted by atomic mass is 16.6. The highest BCUT2D eigenvalue weighted by Crippen LogP contribution is 2.11. The fourth-order valence-corrected chi connectivity index (χ4v) is 0.762. The van der Waals surface area contributed by atoms with Crippen molar-refractivity contribution in [2.45, 2.75) is 0 Å². The van der Waals surface area contributed by atoms with Gasteiger partial charge in [-0.1, -0.05) is 0 Å². The molecule has 0 aliphatic rings. The van der Waals surface area contributed by atoms with Crippen molar-refractivity contribution < 1.29 is 4.92 Å². The monoisotopic (exact) mass is 181 g/mol. The van der Waals surface area contributed by atoms with Crippen LogP contribution in [0.15, 0.2) is 18.3 Å². The Morgan fingerprint density at radius 1 is 1.69 bits per heavy atom. The molecule has 1 heterocycles. The van der Waals surface area contributed by atoms with Gasteiger partial charge >= 0.3 is 0 Å². The summed E-state index contributed by atoms with van der Waals surface area (Å²) in [5, 5.41) is 13.1. The molecule has 0 atom stereocenters. The zero-order valence-electron chi connectivity index (χ0n) is 6.80. The Bertz CT molecular complexity index is 285. The smallest absolute Gasteiger partial charge is 0.287 e. The van der Waals surface area contributed by atoms with Crippen LogP contribution in [0.3, 0.4) is 0 Å². The molecule has 0 fully saturated rings. The second-order valence-corrected chi connectivity index (χ2v) is 2.28. The third kappa shape index (κ3) is 2.68. The maximum Gasteiger partial charge on any atom is 0.287 e. The summed E-state index contributed by atoms with van der Waals surface area (Å²) in [5.41, 5.74) is 5.11. The Balaban J connectivity index is 2.64. The quantitative estimate of drug-likeness (QED) is 0.521. The molecule has 13 heavy (non-hydrogen) atoms. The molecule has 0 aromatic carbocycles. The molecule has 1 rings (SSSR count). The molecule has 6 nitrogen and oxygen atoms in total. The van der Waals surface area contributed by atoms with Crippen LogP contribution in [0.2, 0.25) is 0 Å². The van der Waals surface area contributed by atoms with Crippen molar-refractivity contribution in [3.63, 3.8) is 0 Å². The summed E-state index contributed by atoms with van der Waals surface area (Å²) in [5.74, 6) is 0.562. The van der Waals surface area contributed by atoms with E-state index in [4.69, 9.17) is 5.73 Å². The molecule has 0 bridgehead atoms. The lowest BCUT2D eigenvalue weighted by Gasteiger charge is -2.01. The van der Waals surface area contributed by atoms with Crippen LogP contribution in [0.25, 0.3) is 0 Å². The van der Waals surface area contributed by atoms with Crippen LogP contribution in [0, 0.1) is 16.7 Å². The number of nitrogens with two attached hydrogens (primary N) is 1. The van der Waals surface area contributed by atoms with Gasteiger partial charge in [-0.3, -0.25) is 10.1 Å². The third-order valence-corrected chi connectivity index (χ3v) is 1.36. The van der Waals surface area contributed by atoms with Crippen molar-refractivity contribution in [3.05, 3.63) is 35.0 Å². The van der Waals surface area contributed by atoms with E-state index in [1.165, 1.54) is 24.9 Å². The van der Waals surface area contributed by atoms with E-state index in [-0.39, 0.29) is 5.69 Å². The molecule has 0 aliphatic heterocycles. The number of nitrogens with zero attached hydrogens (tertiary/aromatic N) is 2. The first kappa shape index (κ1) is 9.40. The lowest BCUT2D eigenvalue weighted by atomic mass is 10.4. The van der Waals surface area contributed by atoms with Crippen molar-refractivity contribution in [1.29, 1.82) is 0 Å². The van der Waals surface area contributed by atoms with Crippen molar-refractivity contribution in [1.82, 2.24) is 4.98 Å². The fraction of sp³-hybridized carbons (Fsp3) is 0.143. The van der Waals surface area contributed by atoms with E-state index in [1.54, 1.807) is 0 Å². The number of aromatic nitrogens is 1. The Morgan fingerprint density at radius 3 is 2.92 bits per heavy atom. The maximum atomic E-state index is 10.2. The second-order valence-electron chi connectivity index (χ2n) is 2.28. The van der Waals surface area contributed by atoms with E-state index in [9.17, 15) is 10.1 Å². The molecule has 69 valence electrons. The van der Waals surface area contributed by atoms with Gasteiger partial charge < -0.3 is 11.1 Å². The number of pyridine rings is 1. The van der Waals surface area contributed by atoms with Crippen molar-refractivity contribution in [2.24, 2.45) is 5.73 Å². The van der Waals surface area contributed by atoms with Gasteiger partial charge in [-0.25, -0.2) is 4.98 Å². The lowest BCUT2D eigenvalue weighted by molar-refractivity contribution is -0.385. The van der Waals surface area contributed by atoms with E-state index >= 15 is 0 Å². The molecule has 0 aliphatic carbocycles. The number of nitro groups is 1. The number of rotatable bonds is 4. The first-order valence-electron chi connectivity index (χ1n) is 3.62. The zero-order valence-corrected chi connectivity index (χ0v) is 6.80. The molecule has 3 N–H and O–H groups in total. The number of hydrogen-bond donors (Lipinski definition) is 2. The Morgan fingerprint density at radius 2 is 2.46 bits per heavy atom. The van der Waals surface area contributed by atoms with Gasteiger partial charge in [-0.15, -0.1) is 0 Å². The summed E-state index contributed by atoms with van der Waals surface area (Å²) in [6.45, 7) is 1.91. The summed E-state index contributed by atoms with van der Waals surface area (Å²) in [4.78, 5) is 13.6. The normalized spacial score (nSPS) is 9.62. The van der Waals surface area contributed by atoms with Gasteiger partial charge in [0, 0.05) is 19.2 Å². The summed E-state index contributed by atoms with van der Waals surface area (Å²) < 4.78 is 0. The topological polar surface area (TPSA) is 94.1 Å². The van der Waals surface area contributed by atoms with Crippen LogP contribution in [-0.2, 0) is 0 Å². The van der Waals surface area contributed by atoms with Crippen molar-refractivity contribution in [3.8, 4) is 0 Å². The minimum Gasteiger partial charge on any atom is -0.368 e. The highest BCUT2D eigenvalue weighted by Gasteiger charge is 2.03. The first-order chi connectivity index (χ1) is 6.24. The zero-order chi connectivity index (χ0) is 9.68. The van der Waals surface area contributed by atoms with E-state index in [0.29, 0.717) is 12.4 Å². The van der Waals surface area contributed by atoms with E-state index < -0.39 is 4.92 Å². The average molecular weight is 181 g/mol. The van der Waals surface area contributed by atoms with E-state index in [0.717, 1.165) is 0 Å². The second kappa shape index (κ2) is 4.36. The van der Waals surface area contributed by atoms with Gasteiger partial charge in [0.05, 0.1) is 4.92 Å². The molecule has 0 amide bonds. The summed E-state index contributed by atoms with van der Waals surface area (Å²) in [6, 6.07) is 2.91. The van der Waals surface area contributed by atoms with Crippen LogP contribution < -0.4 is 11.1 Å². The maximum absolute atomic E-state index is 10.2. The third-order valence-electron chi connectivity index (χ3n) is 1.36. The van der Waals surface area contributed by atoms with E-state index in [2.05, 4.69) is 10.3 Å². The number of anilines is 1. The van der Waals surface area contributed by atoms with Crippen molar-refractivity contribution in [2.75, 3.05) is 11.9 Å². The van der Waals surface area contributed by atoms with E-state index in [1.807, 2.05) is 0 Å². The molecule has 6 heteroatoms. The minimum absolute atomic E-state index is 0.0257. The fourth-order valence-electron chi connectivity index (χ4n) is 0.762. The van der Waals surface area contributed by atoms with Gasteiger partial charge in [0.15, 0.2) is 0 Å². The standard InChI is InChI=1S/C7H9N4O2/c8-3-4-9-7-2-1-6(5-10-7)11(12)13/h1-3,5H,4,8H2,(H,9,10). The molecular formula is C7H9N4O2. The molecule has 0 saturated carbocycles. The van der Waals surface area contributed by atoms with Crippen LogP contribution in [0.5, 0.6) is 0 Å². The first-order valence-corrected chi connectivity index (χ1v) is 3.62. The predicted octanol–water partition coefficient (Wildman–Crippen LogP) is 0.522. The largest absolute Gasteiger partial charge is 0.368 e. The van der Waals surface area contributed by atoms with Crippen LogP contribution >= 0.6 is 0 Å². The molecule has 0 unspecified atom stereocenters. The SMILES string of the molecule is N[CH]CNc1ccc([N+](=O)[O-])cn1. The molecule has 1 aromatic heterocycles. The molecule has 1 aromatic rings. The van der Waals surface area contributed by atoms with Crippen LogP contribution in [-0.4, -0.2) is 16.5 Å². The van der Waals surface area contributed by atoms with Crippen molar-refractivity contribution >= 4 is 11.5 Å². The lowest BCUT2D eigenvalue weighted by Crippen LogP contribution is -2.08. The molecule has 0 spiro atoms. The average Bonchev–Trinajstić information content (AvgIpc) is 2.15. The highest BCUT2D eigenvalue weighted by molar-refractivity contribution is 5.40. The van der Waals surface area contributed by atoms with Crippen LogP contribution in [0.1, 0.15) is 0 Å². The summed E-state index contributed by atoms with van der Waals surface area (Å²) in [6.07, 6.45) is 1.19. The molecular weight excluding hydrogens is 172 g/mol. The number of hydrogen-bond acceptors (Lipinski definition) is 5. The predicted molar refractivity (Wildman–Crippen MR) is 47.9 cm³/mol. The van der Waals surface area contributed by atoms with Gasteiger partial charge in [-0.2, -0.15) is 0 Å². The van der Waals surface area contributed by atoms with Crippen LogP contribution in [0.4, 0.5) is 11.5 Å². The number of nitrogens with one attached hydrogen (secondary N) is 1. The van der Waals surface area contributed by atoms with Gasteiger partial charge in [0.25, 0.3) is 5.69 Å². The summed E-state index contributed by atoms with van der Waals surface area (Å²) in [7, 11) is 0. The molecule has 0 saturated heterocycles. The molecule has 1 radical (unpaired) electrons.